The first-order chi connectivity index (χ1) is 6.79. The highest BCUT2D eigenvalue weighted by Gasteiger charge is 2.13. The molecule has 0 bridgehead atoms. The van der Waals surface area contributed by atoms with Crippen LogP contribution in [0.3, 0.4) is 0 Å². The Morgan fingerprint density at radius 2 is 2.00 bits per heavy atom. The quantitative estimate of drug-likeness (QED) is 0.411. The van der Waals surface area contributed by atoms with Crippen molar-refractivity contribution in [3.8, 4) is 0 Å². The van der Waals surface area contributed by atoms with Crippen LogP contribution in [0.4, 0.5) is 0 Å². The predicted octanol–water partition coefficient (Wildman–Crippen LogP) is 1.46. The van der Waals surface area contributed by atoms with E-state index < -0.39 is 5.97 Å². The molecule has 14 heavy (non-hydrogen) atoms. The fraction of sp³-hybridized carbons (Fsp3) is 0.182. The Morgan fingerprint density at radius 3 is 2.50 bits per heavy atom. The third-order valence-electron chi connectivity index (χ3n) is 1.64. The second-order valence-electron chi connectivity index (χ2n) is 2.56. The SMILES string of the molecule is CCOC(=O)C(=C=O)c1ccccc1. The molecule has 1 aromatic rings. The lowest BCUT2D eigenvalue weighted by molar-refractivity contribution is -0.135. The molecule has 0 atom stereocenters. The first kappa shape index (κ1) is 10.2. The maximum absolute atomic E-state index is 11.3. The second kappa shape index (κ2) is 5.00. The van der Waals surface area contributed by atoms with Gasteiger partial charge in [-0.2, -0.15) is 0 Å². The van der Waals surface area contributed by atoms with Gasteiger partial charge >= 0.3 is 5.97 Å². The van der Waals surface area contributed by atoms with Gasteiger partial charge in [-0.15, -0.1) is 0 Å². The van der Waals surface area contributed by atoms with E-state index >= 15 is 0 Å². The molecule has 72 valence electrons. The summed E-state index contributed by atoms with van der Waals surface area (Å²) in [5, 5.41) is 0. The second-order valence-corrected chi connectivity index (χ2v) is 2.56. The number of esters is 1. The van der Waals surface area contributed by atoms with Crippen LogP contribution in [0, 0.1) is 0 Å². The third kappa shape index (κ3) is 2.31. The van der Waals surface area contributed by atoms with Gasteiger partial charge in [0.1, 0.15) is 5.94 Å². The summed E-state index contributed by atoms with van der Waals surface area (Å²) < 4.78 is 4.71. The lowest BCUT2D eigenvalue weighted by atomic mass is 10.1. The molecule has 3 nitrogen and oxygen atoms in total. The van der Waals surface area contributed by atoms with Crippen LogP contribution in [0.2, 0.25) is 0 Å². The minimum atomic E-state index is -0.631. The highest BCUT2D eigenvalue weighted by atomic mass is 16.5. The van der Waals surface area contributed by atoms with Crippen molar-refractivity contribution in [2.24, 2.45) is 0 Å². The maximum Gasteiger partial charge on any atom is 0.350 e. The Bertz CT molecular complexity index is 361. The van der Waals surface area contributed by atoms with Crippen molar-refractivity contribution >= 4 is 17.5 Å². The Balaban J connectivity index is 2.96. The Morgan fingerprint density at radius 1 is 1.36 bits per heavy atom. The van der Waals surface area contributed by atoms with Gasteiger partial charge in [0.25, 0.3) is 0 Å². The lowest BCUT2D eigenvalue weighted by Gasteiger charge is -2.02. The number of carbonyl (C=O) groups excluding carboxylic acids is 2. The van der Waals surface area contributed by atoms with Crippen LogP contribution in [0.5, 0.6) is 0 Å². The number of carbonyl (C=O) groups is 1. The van der Waals surface area contributed by atoms with Crippen LogP contribution >= 0.6 is 0 Å². The van der Waals surface area contributed by atoms with Crippen molar-refractivity contribution in [1.82, 2.24) is 0 Å². The monoisotopic (exact) mass is 190 g/mol. The smallest absolute Gasteiger partial charge is 0.350 e. The maximum atomic E-state index is 11.3. The largest absolute Gasteiger partial charge is 0.462 e. The number of hydrogen-bond acceptors (Lipinski definition) is 3. The molecule has 0 saturated carbocycles. The highest BCUT2D eigenvalue weighted by molar-refractivity contribution is 6.25. The molecule has 0 N–H and O–H groups in total. The molecule has 1 aromatic carbocycles. The van der Waals surface area contributed by atoms with Gasteiger partial charge in [-0.3, -0.25) is 0 Å². The minimum Gasteiger partial charge on any atom is -0.462 e. The van der Waals surface area contributed by atoms with Gasteiger partial charge in [0, 0.05) is 5.56 Å². The summed E-state index contributed by atoms with van der Waals surface area (Å²) in [6, 6.07) is 8.61. The normalized spacial score (nSPS) is 8.93. The van der Waals surface area contributed by atoms with Gasteiger partial charge in [0.2, 0.25) is 0 Å². The molecule has 1 rings (SSSR count). The van der Waals surface area contributed by atoms with Gasteiger partial charge in [0.05, 0.1) is 6.61 Å². The molecule has 0 aromatic heterocycles. The molecule has 0 aliphatic carbocycles. The van der Waals surface area contributed by atoms with Gasteiger partial charge in [0.15, 0.2) is 5.57 Å². The van der Waals surface area contributed by atoms with Crippen LogP contribution in [0.25, 0.3) is 5.57 Å². The molecular formula is C11H10O3. The van der Waals surface area contributed by atoms with Crippen molar-refractivity contribution in [3.05, 3.63) is 35.9 Å². The summed E-state index contributed by atoms with van der Waals surface area (Å²) in [4.78, 5) is 21.8. The highest BCUT2D eigenvalue weighted by Crippen LogP contribution is 2.11. The average Bonchev–Trinajstić information content (AvgIpc) is 2.21. The molecule has 0 aliphatic heterocycles. The van der Waals surface area contributed by atoms with Gasteiger partial charge < -0.3 is 4.74 Å². The fourth-order valence-corrected chi connectivity index (χ4v) is 1.03. The first-order valence-electron chi connectivity index (χ1n) is 4.27. The fourth-order valence-electron chi connectivity index (χ4n) is 1.03. The summed E-state index contributed by atoms with van der Waals surface area (Å²) in [5.74, 6) is 0.964. The standard InChI is InChI=1S/C11H10O3/c1-2-14-11(13)10(8-12)9-6-4-3-5-7-9/h3-7H,2H2,1H3. The van der Waals surface area contributed by atoms with Crippen LogP contribution in [0.1, 0.15) is 12.5 Å². The van der Waals surface area contributed by atoms with E-state index in [1.807, 2.05) is 0 Å². The number of ether oxygens (including phenoxy) is 1. The topological polar surface area (TPSA) is 43.4 Å². The van der Waals surface area contributed by atoms with Crippen LogP contribution in [0.15, 0.2) is 30.3 Å². The summed E-state index contributed by atoms with van der Waals surface area (Å²) in [7, 11) is 0. The molecular weight excluding hydrogens is 180 g/mol. The molecule has 0 aliphatic rings. The number of hydrogen-bond donors (Lipinski definition) is 0. The van der Waals surface area contributed by atoms with E-state index in [1.165, 1.54) is 0 Å². The molecule has 0 unspecified atom stereocenters. The van der Waals surface area contributed by atoms with Crippen molar-refractivity contribution in [2.75, 3.05) is 6.61 Å². The van der Waals surface area contributed by atoms with E-state index in [0.29, 0.717) is 5.56 Å². The third-order valence-corrected chi connectivity index (χ3v) is 1.64. The summed E-state index contributed by atoms with van der Waals surface area (Å²) in [5.41, 5.74) is 0.466. The zero-order valence-corrected chi connectivity index (χ0v) is 7.82. The van der Waals surface area contributed by atoms with Crippen molar-refractivity contribution < 1.29 is 14.3 Å². The first-order valence-corrected chi connectivity index (χ1v) is 4.27. The van der Waals surface area contributed by atoms with Crippen molar-refractivity contribution in [2.45, 2.75) is 6.92 Å². The van der Waals surface area contributed by atoms with Gasteiger partial charge in [-0.25, -0.2) is 9.59 Å². The molecule has 0 saturated heterocycles. The summed E-state index contributed by atoms with van der Waals surface area (Å²) >= 11 is 0. The van der Waals surface area contributed by atoms with E-state index in [9.17, 15) is 9.59 Å². The molecule has 0 amide bonds. The molecule has 0 heterocycles. The van der Waals surface area contributed by atoms with Crippen molar-refractivity contribution in [1.29, 1.82) is 0 Å². The lowest BCUT2D eigenvalue weighted by Crippen LogP contribution is -2.07. The molecule has 0 spiro atoms. The predicted molar refractivity (Wildman–Crippen MR) is 52.2 cm³/mol. The average molecular weight is 190 g/mol. The summed E-state index contributed by atoms with van der Waals surface area (Å²) in [6.45, 7) is 1.93. The van der Waals surface area contributed by atoms with Crippen LogP contribution < -0.4 is 0 Å². The van der Waals surface area contributed by atoms with Crippen LogP contribution in [-0.2, 0) is 14.3 Å². The van der Waals surface area contributed by atoms with Gasteiger partial charge in [-0.05, 0) is 6.92 Å². The Labute approximate surface area is 82.0 Å². The zero-order chi connectivity index (χ0) is 10.4. The van der Waals surface area contributed by atoms with E-state index in [1.54, 1.807) is 43.2 Å². The number of benzene rings is 1. The van der Waals surface area contributed by atoms with E-state index in [2.05, 4.69) is 0 Å². The van der Waals surface area contributed by atoms with E-state index in [0.717, 1.165) is 0 Å². The molecule has 3 heteroatoms. The van der Waals surface area contributed by atoms with E-state index in [-0.39, 0.29) is 12.2 Å². The number of rotatable bonds is 3. The van der Waals surface area contributed by atoms with Gasteiger partial charge in [-0.1, -0.05) is 30.3 Å². The minimum absolute atomic E-state index is 0.0625. The Hall–Kier alpha value is -1.86. The molecule has 0 radical (unpaired) electrons. The Kier molecular flexibility index (Phi) is 3.65. The van der Waals surface area contributed by atoms with E-state index in [4.69, 9.17) is 4.74 Å². The summed E-state index contributed by atoms with van der Waals surface area (Å²) in [6.07, 6.45) is 0. The van der Waals surface area contributed by atoms with Crippen molar-refractivity contribution in [3.63, 3.8) is 0 Å². The molecule has 0 fully saturated rings. The van der Waals surface area contributed by atoms with Crippen LogP contribution in [-0.4, -0.2) is 18.5 Å². The zero-order valence-electron chi connectivity index (χ0n) is 7.82.